The molecule has 0 N–H and O–H groups in total. The van der Waals surface area contributed by atoms with Crippen LogP contribution in [0.1, 0.15) is 32.6 Å². The lowest BCUT2D eigenvalue weighted by molar-refractivity contribution is -0.132. The van der Waals surface area contributed by atoms with Crippen LogP contribution < -0.4 is 0 Å². The average Bonchev–Trinajstić information content (AvgIpc) is 2.10. The summed E-state index contributed by atoms with van der Waals surface area (Å²) in [5.41, 5.74) is 0. The van der Waals surface area contributed by atoms with Crippen LogP contribution in [0.15, 0.2) is 25.0 Å². The highest BCUT2D eigenvalue weighted by Crippen LogP contribution is 1.99. The Morgan fingerprint density at radius 3 is 2.83 bits per heavy atom. The van der Waals surface area contributed by atoms with E-state index in [0.29, 0.717) is 0 Å². The summed E-state index contributed by atoms with van der Waals surface area (Å²) in [6.07, 6.45) is 8.99. The van der Waals surface area contributed by atoms with Gasteiger partial charge < -0.3 is 4.74 Å². The van der Waals surface area contributed by atoms with Gasteiger partial charge in [0.2, 0.25) is 0 Å². The van der Waals surface area contributed by atoms with Gasteiger partial charge in [-0.15, -0.1) is 0 Å². The van der Waals surface area contributed by atoms with Crippen LogP contribution in [0.25, 0.3) is 0 Å². The quantitative estimate of drug-likeness (QED) is 0.264. The van der Waals surface area contributed by atoms with Crippen molar-refractivity contribution in [3.8, 4) is 0 Å². The number of hydrogen-bond acceptors (Lipinski definition) is 2. The van der Waals surface area contributed by atoms with Crippen LogP contribution in [0.3, 0.4) is 0 Å². The molecule has 0 heterocycles. The molecule has 0 fully saturated rings. The molecule has 0 aromatic carbocycles. The lowest BCUT2D eigenvalue weighted by Gasteiger charge is -1.92. The lowest BCUT2D eigenvalue weighted by Crippen LogP contribution is -1.91. The number of carbonyl (C=O) groups excluding carboxylic acids is 1. The van der Waals surface area contributed by atoms with E-state index in [1.165, 1.54) is 19.1 Å². The zero-order valence-electron chi connectivity index (χ0n) is 7.58. The van der Waals surface area contributed by atoms with Gasteiger partial charge in [0, 0.05) is 6.08 Å². The average molecular weight is 168 g/mol. The molecular formula is C10H16O2. The van der Waals surface area contributed by atoms with Gasteiger partial charge >= 0.3 is 5.97 Å². The van der Waals surface area contributed by atoms with Crippen LogP contribution >= 0.6 is 0 Å². The molecule has 0 aliphatic rings. The van der Waals surface area contributed by atoms with Crippen molar-refractivity contribution in [1.82, 2.24) is 0 Å². The first-order valence-electron chi connectivity index (χ1n) is 4.29. The van der Waals surface area contributed by atoms with E-state index in [4.69, 9.17) is 0 Å². The second-order valence-corrected chi connectivity index (χ2v) is 2.51. The summed E-state index contributed by atoms with van der Waals surface area (Å²) in [4.78, 5) is 10.5. The highest BCUT2D eigenvalue weighted by atomic mass is 16.5. The van der Waals surface area contributed by atoms with E-state index in [-0.39, 0.29) is 0 Å². The van der Waals surface area contributed by atoms with Crippen LogP contribution in [0.2, 0.25) is 0 Å². The summed E-state index contributed by atoms with van der Waals surface area (Å²) in [5, 5.41) is 0. The lowest BCUT2D eigenvalue weighted by atomic mass is 10.2. The fourth-order valence-corrected chi connectivity index (χ4v) is 0.744. The Morgan fingerprint density at radius 2 is 2.25 bits per heavy atom. The molecule has 0 spiro atoms. The Hall–Kier alpha value is -1.05. The maximum absolute atomic E-state index is 10.5. The van der Waals surface area contributed by atoms with E-state index in [0.717, 1.165) is 18.9 Å². The number of ether oxygens (including phenoxy) is 1. The molecule has 68 valence electrons. The number of carbonyl (C=O) groups is 1. The maximum Gasteiger partial charge on any atom is 0.334 e. The Kier molecular flexibility index (Phi) is 7.35. The van der Waals surface area contributed by atoms with E-state index in [1.807, 2.05) is 6.08 Å². The summed E-state index contributed by atoms with van der Waals surface area (Å²) in [7, 11) is 0. The standard InChI is InChI=1S/C10H16O2/c1-3-5-6-7-8-9-12-10(11)4-2/h4,8-9H,2-3,5-7H2,1H3/b9-8+. The van der Waals surface area contributed by atoms with Gasteiger partial charge in [0.15, 0.2) is 0 Å². The summed E-state index contributed by atoms with van der Waals surface area (Å²) >= 11 is 0. The molecule has 0 aromatic rings. The predicted octanol–water partition coefficient (Wildman–Crippen LogP) is 2.81. The fraction of sp³-hybridized carbons (Fsp3) is 0.500. The van der Waals surface area contributed by atoms with E-state index in [2.05, 4.69) is 18.2 Å². The van der Waals surface area contributed by atoms with E-state index in [9.17, 15) is 4.79 Å². The molecule has 0 saturated carbocycles. The first-order valence-corrected chi connectivity index (χ1v) is 4.29. The van der Waals surface area contributed by atoms with Gasteiger partial charge in [0.25, 0.3) is 0 Å². The van der Waals surface area contributed by atoms with Crippen molar-refractivity contribution >= 4 is 5.97 Å². The van der Waals surface area contributed by atoms with Crippen LogP contribution in [0.4, 0.5) is 0 Å². The summed E-state index contributed by atoms with van der Waals surface area (Å²) < 4.78 is 4.63. The monoisotopic (exact) mass is 168 g/mol. The molecule has 0 amide bonds. The van der Waals surface area contributed by atoms with Crippen LogP contribution in [-0.2, 0) is 9.53 Å². The molecule has 2 heteroatoms. The van der Waals surface area contributed by atoms with Crippen molar-refractivity contribution in [2.24, 2.45) is 0 Å². The van der Waals surface area contributed by atoms with E-state index in [1.54, 1.807) is 0 Å². The summed E-state index contributed by atoms with van der Waals surface area (Å²) in [6, 6.07) is 0. The van der Waals surface area contributed by atoms with Crippen LogP contribution in [0.5, 0.6) is 0 Å². The third-order valence-corrected chi connectivity index (χ3v) is 1.42. The Morgan fingerprint density at radius 1 is 1.50 bits per heavy atom. The topological polar surface area (TPSA) is 26.3 Å². The summed E-state index contributed by atoms with van der Waals surface area (Å²) in [6.45, 7) is 5.43. The number of rotatable bonds is 6. The maximum atomic E-state index is 10.5. The first-order chi connectivity index (χ1) is 5.81. The fourth-order valence-electron chi connectivity index (χ4n) is 0.744. The molecule has 0 radical (unpaired) electrons. The summed E-state index contributed by atoms with van der Waals surface area (Å²) in [5.74, 6) is -0.401. The molecule has 2 nitrogen and oxygen atoms in total. The Labute approximate surface area is 73.9 Å². The first kappa shape index (κ1) is 11.0. The minimum Gasteiger partial charge on any atom is -0.432 e. The van der Waals surface area contributed by atoms with Gasteiger partial charge in [0.1, 0.15) is 0 Å². The molecular weight excluding hydrogens is 152 g/mol. The second-order valence-electron chi connectivity index (χ2n) is 2.51. The van der Waals surface area contributed by atoms with Gasteiger partial charge in [-0.25, -0.2) is 4.79 Å². The van der Waals surface area contributed by atoms with Gasteiger partial charge in [0.05, 0.1) is 6.26 Å². The van der Waals surface area contributed by atoms with Crippen LogP contribution in [0, 0.1) is 0 Å². The smallest absolute Gasteiger partial charge is 0.334 e. The van der Waals surface area contributed by atoms with Gasteiger partial charge in [-0.05, 0) is 18.9 Å². The van der Waals surface area contributed by atoms with Gasteiger partial charge in [-0.1, -0.05) is 26.3 Å². The van der Waals surface area contributed by atoms with Crippen molar-refractivity contribution in [2.75, 3.05) is 0 Å². The van der Waals surface area contributed by atoms with Crippen molar-refractivity contribution in [1.29, 1.82) is 0 Å². The third kappa shape index (κ3) is 7.06. The highest BCUT2D eigenvalue weighted by Gasteiger charge is 1.88. The second kappa shape index (κ2) is 8.05. The SMILES string of the molecule is C=CC(=O)O/C=C/CCCCC. The third-order valence-electron chi connectivity index (χ3n) is 1.42. The zero-order valence-corrected chi connectivity index (χ0v) is 7.58. The number of esters is 1. The molecule has 0 aliphatic carbocycles. The molecule has 0 rings (SSSR count). The molecule has 0 atom stereocenters. The van der Waals surface area contributed by atoms with E-state index >= 15 is 0 Å². The Balaban J connectivity index is 3.25. The molecule has 0 unspecified atom stereocenters. The molecule has 0 saturated heterocycles. The van der Waals surface area contributed by atoms with Gasteiger partial charge in [-0.2, -0.15) is 0 Å². The van der Waals surface area contributed by atoms with E-state index < -0.39 is 5.97 Å². The molecule has 12 heavy (non-hydrogen) atoms. The Bertz CT molecular complexity index is 159. The molecule has 0 aliphatic heterocycles. The number of hydrogen-bond donors (Lipinski definition) is 0. The minimum atomic E-state index is -0.401. The van der Waals surface area contributed by atoms with Crippen molar-refractivity contribution in [3.05, 3.63) is 25.0 Å². The van der Waals surface area contributed by atoms with Crippen molar-refractivity contribution in [3.63, 3.8) is 0 Å². The molecule has 0 bridgehead atoms. The normalized spacial score (nSPS) is 10.1. The molecule has 0 aromatic heterocycles. The van der Waals surface area contributed by atoms with Crippen molar-refractivity contribution < 1.29 is 9.53 Å². The van der Waals surface area contributed by atoms with Crippen LogP contribution in [-0.4, -0.2) is 5.97 Å². The zero-order chi connectivity index (χ0) is 9.23. The minimum absolute atomic E-state index is 0.401. The van der Waals surface area contributed by atoms with Gasteiger partial charge in [-0.3, -0.25) is 0 Å². The number of allylic oxidation sites excluding steroid dienone is 1. The van der Waals surface area contributed by atoms with Crippen molar-refractivity contribution in [2.45, 2.75) is 32.6 Å². The highest BCUT2D eigenvalue weighted by molar-refractivity contribution is 5.81. The largest absolute Gasteiger partial charge is 0.432 e. The number of unbranched alkanes of at least 4 members (excludes halogenated alkanes) is 3. The predicted molar refractivity (Wildman–Crippen MR) is 49.6 cm³/mol.